The Morgan fingerprint density at radius 3 is 1.55 bits per heavy atom. The lowest BCUT2D eigenvalue weighted by molar-refractivity contribution is 0.670. The third kappa shape index (κ3) is 5.77. The molecule has 0 aliphatic carbocycles. The number of para-hydroxylation sites is 1. The number of hydrogen-bond acceptors (Lipinski definition) is 3. The Morgan fingerprint density at radius 2 is 0.875 bits per heavy atom. The van der Waals surface area contributed by atoms with Crippen LogP contribution in [0.25, 0.3) is 77.6 Å². The van der Waals surface area contributed by atoms with Crippen molar-refractivity contribution in [1.29, 1.82) is 0 Å². The van der Waals surface area contributed by atoms with Crippen LogP contribution in [0, 0.1) is 0 Å². The smallest absolute Gasteiger partial charge is 0.333 e. The molecule has 3 heterocycles. The quantitative estimate of drug-likeness (QED) is 0.156. The summed E-state index contributed by atoms with van der Waals surface area (Å²) in [5.74, 6) is 0. The first-order valence-electron chi connectivity index (χ1n) is 22.0. The highest BCUT2D eigenvalue weighted by atomic mass is 16.3. The van der Waals surface area contributed by atoms with Gasteiger partial charge in [-0.15, -0.1) is 0 Å². The molecule has 0 amide bonds. The molecule has 0 saturated heterocycles. The molecule has 0 atom stereocenters. The monoisotopic (exact) mass is 814 g/mol. The summed E-state index contributed by atoms with van der Waals surface area (Å²) in [5, 5.41) is 2.21. The summed E-state index contributed by atoms with van der Waals surface area (Å²) in [4.78, 5) is 5.10. The Morgan fingerprint density at radius 1 is 0.344 bits per heavy atom. The zero-order valence-corrected chi connectivity index (χ0v) is 34.9. The van der Waals surface area contributed by atoms with Gasteiger partial charge in [0.1, 0.15) is 11.2 Å². The molecule has 0 radical (unpaired) electrons. The van der Waals surface area contributed by atoms with Gasteiger partial charge in [0.15, 0.2) is 0 Å². The van der Waals surface area contributed by atoms with Gasteiger partial charge in [-0.3, -0.25) is 0 Å². The molecule has 0 bridgehead atoms. The van der Waals surface area contributed by atoms with E-state index in [2.05, 4.69) is 246 Å². The van der Waals surface area contributed by atoms with Gasteiger partial charge in [0.05, 0.1) is 0 Å². The van der Waals surface area contributed by atoms with E-state index in [1.165, 1.54) is 49.9 Å². The number of nitrogens with zero attached hydrogens (tertiary/aromatic N) is 2. The summed E-state index contributed by atoms with van der Waals surface area (Å²) in [5.41, 5.74) is 21.6. The van der Waals surface area contributed by atoms with Crippen LogP contribution < -0.4 is 20.6 Å². The highest BCUT2D eigenvalue weighted by Gasteiger charge is 2.46. The van der Waals surface area contributed by atoms with E-state index in [9.17, 15) is 0 Å². The molecule has 11 aromatic rings. The minimum absolute atomic E-state index is 0.186. The third-order valence-electron chi connectivity index (χ3n) is 13.2. The second-order valence-corrected chi connectivity index (χ2v) is 16.8. The zero-order chi connectivity index (χ0) is 42.1. The van der Waals surface area contributed by atoms with Crippen molar-refractivity contribution >= 4 is 68.1 Å². The van der Waals surface area contributed by atoms with Crippen LogP contribution in [0.2, 0.25) is 0 Å². The second-order valence-electron chi connectivity index (χ2n) is 16.8. The minimum Gasteiger partial charge on any atom is -0.455 e. The van der Waals surface area contributed by atoms with Crippen LogP contribution in [0.15, 0.2) is 241 Å². The van der Waals surface area contributed by atoms with Gasteiger partial charge in [0, 0.05) is 50.3 Å². The van der Waals surface area contributed by atoms with Gasteiger partial charge in [0.2, 0.25) is 0 Å². The van der Waals surface area contributed by atoms with E-state index < -0.39 is 0 Å². The Bertz CT molecular complexity index is 3550. The average Bonchev–Trinajstić information content (AvgIpc) is 3.75. The van der Waals surface area contributed by atoms with Crippen LogP contribution in [-0.2, 0) is 0 Å². The maximum absolute atomic E-state index is 7.08. The summed E-state index contributed by atoms with van der Waals surface area (Å²) in [7, 11) is 0. The lowest BCUT2D eigenvalue weighted by Crippen LogP contribution is -2.61. The van der Waals surface area contributed by atoms with E-state index in [1.807, 2.05) is 0 Å². The third-order valence-corrected chi connectivity index (χ3v) is 13.2. The second kappa shape index (κ2) is 14.6. The Labute approximate surface area is 372 Å². The van der Waals surface area contributed by atoms with Crippen molar-refractivity contribution in [2.45, 2.75) is 0 Å². The van der Waals surface area contributed by atoms with E-state index >= 15 is 0 Å². The van der Waals surface area contributed by atoms with Gasteiger partial charge in [-0.2, -0.15) is 0 Å². The predicted octanol–water partition coefficient (Wildman–Crippen LogP) is 15.0. The van der Waals surface area contributed by atoms with Gasteiger partial charge in [-0.1, -0.05) is 182 Å². The van der Waals surface area contributed by atoms with Gasteiger partial charge in [-0.25, -0.2) is 0 Å². The lowest BCUT2D eigenvalue weighted by atomic mass is 9.43. The maximum Gasteiger partial charge on any atom is 0.333 e. The number of hydrogen-bond donors (Lipinski definition) is 0. The average molecular weight is 815 g/mol. The number of rotatable bonds is 6. The normalized spacial score (nSPS) is 12.6. The molecular formula is C60H39BN2O. The van der Waals surface area contributed by atoms with Crippen molar-refractivity contribution in [1.82, 2.24) is 0 Å². The molecule has 0 N–H and O–H groups in total. The van der Waals surface area contributed by atoms with E-state index in [0.717, 1.165) is 67.1 Å². The van der Waals surface area contributed by atoms with E-state index in [4.69, 9.17) is 4.42 Å². The summed E-state index contributed by atoms with van der Waals surface area (Å²) >= 11 is 0. The molecular weight excluding hydrogens is 775 g/mol. The number of fused-ring (bicyclic) bond motifs is 8. The van der Waals surface area contributed by atoms with Crippen molar-refractivity contribution in [2.75, 3.05) is 9.71 Å². The zero-order valence-electron chi connectivity index (χ0n) is 34.9. The molecule has 10 aromatic carbocycles. The van der Waals surface area contributed by atoms with Crippen molar-refractivity contribution in [3.05, 3.63) is 237 Å². The summed E-state index contributed by atoms with van der Waals surface area (Å²) in [6.07, 6.45) is 0. The Kier molecular flexibility index (Phi) is 8.32. The molecule has 2 aliphatic rings. The first-order valence-corrected chi connectivity index (χ1v) is 22.0. The molecule has 0 spiro atoms. The molecule has 1 aromatic heterocycles. The van der Waals surface area contributed by atoms with E-state index in [0.29, 0.717) is 0 Å². The van der Waals surface area contributed by atoms with Crippen LogP contribution in [-0.4, -0.2) is 6.85 Å². The fourth-order valence-corrected chi connectivity index (χ4v) is 10.3. The van der Waals surface area contributed by atoms with Crippen LogP contribution in [0.1, 0.15) is 0 Å². The largest absolute Gasteiger partial charge is 0.455 e. The molecule has 4 heteroatoms. The first-order chi connectivity index (χ1) is 31.7. The topological polar surface area (TPSA) is 19.6 Å². The van der Waals surface area contributed by atoms with Crippen LogP contribution in [0.5, 0.6) is 0 Å². The molecule has 0 fully saturated rings. The maximum atomic E-state index is 7.08. The van der Waals surface area contributed by atoms with Crippen LogP contribution >= 0.6 is 0 Å². The molecule has 0 unspecified atom stereocenters. The van der Waals surface area contributed by atoms with Crippen molar-refractivity contribution in [3.63, 3.8) is 0 Å². The molecule has 13 rings (SSSR count). The van der Waals surface area contributed by atoms with Crippen LogP contribution in [0.4, 0.5) is 28.4 Å². The van der Waals surface area contributed by atoms with E-state index in [-0.39, 0.29) is 6.85 Å². The Hall–Kier alpha value is -8.34. The van der Waals surface area contributed by atoms with Crippen molar-refractivity contribution in [2.24, 2.45) is 0 Å². The molecule has 2 aliphatic heterocycles. The van der Waals surface area contributed by atoms with Crippen molar-refractivity contribution < 1.29 is 4.42 Å². The predicted molar refractivity (Wildman–Crippen MR) is 269 cm³/mol. The molecule has 298 valence electrons. The highest BCUT2D eigenvalue weighted by molar-refractivity contribution is 6.94. The lowest BCUT2D eigenvalue weighted by Gasteiger charge is -2.46. The number of anilines is 5. The number of furan rings is 1. The van der Waals surface area contributed by atoms with E-state index in [1.54, 1.807) is 0 Å². The first kappa shape index (κ1) is 36.3. The van der Waals surface area contributed by atoms with Crippen LogP contribution in [0.3, 0.4) is 0 Å². The van der Waals surface area contributed by atoms with Gasteiger partial charge in [0.25, 0.3) is 0 Å². The highest BCUT2D eigenvalue weighted by Crippen LogP contribution is 2.52. The summed E-state index contributed by atoms with van der Waals surface area (Å²) in [6.45, 7) is -0.186. The molecule has 3 nitrogen and oxygen atoms in total. The SMILES string of the molecule is c1ccc(-c2ccc(N3B4c5ccc(-c6ccccc6)cc5N(c5cccc(-c6ccccc6)c5)c5cc6c(oc7ccccc76)c(c54)-c4cc(-c5ccccc5)ccc43)cc2)cc1. The molecule has 64 heavy (non-hydrogen) atoms. The fourth-order valence-electron chi connectivity index (χ4n) is 10.3. The summed E-state index contributed by atoms with van der Waals surface area (Å²) < 4.78 is 7.08. The van der Waals surface area contributed by atoms with Crippen molar-refractivity contribution in [3.8, 4) is 55.6 Å². The van der Waals surface area contributed by atoms with Gasteiger partial charge >= 0.3 is 6.85 Å². The Balaban J connectivity index is 1.15. The summed E-state index contributed by atoms with van der Waals surface area (Å²) in [6, 6.07) is 86.0. The van der Waals surface area contributed by atoms with Gasteiger partial charge < -0.3 is 14.1 Å². The molecule has 0 saturated carbocycles. The fraction of sp³-hybridized carbons (Fsp3) is 0. The standard InChI is InChI=1S/C60H39BN2O/c1-5-16-40(17-6-1)44-28-32-48(33-29-44)63-54-35-31-46(42-20-9-3-10-21-42)37-52(54)58-59-56(39-51-50-26-13-14-27-57(50)64-60(51)58)62(49-25-15-24-45(36-49)41-18-7-2-8-19-41)55-38-47(30-34-53(55)61(59)63)43-22-11-4-12-23-43/h1-39H. The van der Waals surface area contributed by atoms with Gasteiger partial charge in [-0.05, 0) is 110 Å². The number of benzene rings is 10. The minimum atomic E-state index is -0.186.